The van der Waals surface area contributed by atoms with E-state index in [0.717, 1.165) is 14.7 Å². The van der Waals surface area contributed by atoms with E-state index in [4.69, 9.17) is 14.2 Å². The molecule has 1 fully saturated rings. The SMILES string of the molecule is C=C(C)CC1OC(=O)C(C(C)C)N(C)C(=O)C(CC(=C)C)OC(=O)C(C(C)C)N(C)C(=O)C(CC(=C)C)OC(=O)C(C(C)C)N(C)C1=O. The molecule has 48 heavy (non-hydrogen) atoms. The average Bonchev–Trinajstić information content (AvgIpc) is 2.93. The highest BCUT2D eigenvalue weighted by Crippen LogP contribution is 2.24. The number of carbonyl (C=O) groups excluding carboxylic acids is 6. The number of rotatable bonds is 9. The van der Waals surface area contributed by atoms with E-state index in [1.165, 1.54) is 21.1 Å². The summed E-state index contributed by atoms with van der Waals surface area (Å²) in [5.74, 6) is -6.06. The van der Waals surface area contributed by atoms with E-state index < -0.39 is 89.8 Å². The second-order valence-electron chi connectivity index (χ2n) is 14.2. The number of nitrogens with zero attached hydrogens (tertiary/aromatic N) is 3. The Hall–Kier alpha value is -3.96. The monoisotopic (exact) mass is 675 g/mol. The maximum atomic E-state index is 14.0. The van der Waals surface area contributed by atoms with Gasteiger partial charge in [0.15, 0.2) is 18.3 Å². The molecule has 0 aromatic carbocycles. The van der Waals surface area contributed by atoms with Gasteiger partial charge >= 0.3 is 17.9 Å². The molecular weight excluding hydrogens is 618 g/mol. The molecule has 0 bridgehead atoms. The molecule has 1 saturated heterocycles. The van der Waals surface area contributed by atoms with Gasteiger partial charge in [0.25, 0.3) is 17.7 Å². The first-order valence-corrected chi connectivity index (χ1v) is 16.4. The molecule has 1 aliphatic rings. The predicted molar refractivity (Wildman–Crippen MR) is 182 cm³/mol. The molecule has 12 nitrogen and oxygen atoms in total. The van der Waals surface area contributed by atoms with Crippen molar-refractivity contribution in [2.24, 2.45) is 17.8 Å². The average molecular weight is 676 g/mol. The molecule has 6 atom stereocenters. The fourth-order valence-electron chi connectivity index (χ4n) is 5.84. The lowest BCUT2D eigenvalue weighted by Crippen LogP contribution is -2.56. The first-order chi connectivity index (χ1) is 22.0. The molecule has 0 aromatic heterocycles. The zero-order valence-corrected chi connectivity index (χ0v) is 31.0. The van der Waals surface area contributed by atoms with E-state index >= 15 is 0 Å². The Bertz CT molecular complexity index is 1120. The topological polar surface area (TPSA) is 140 Å². The summed E-state index contributed by atoms with van der Waals surface area (Å²) < 4.78 is 17.4. The van der Waals surface area contributed by atoms with Gasteiger partial charge in [0, 0.05) is 40.4 Å². The molecule has 1 aliphatic heterocycles. The normalized spacial score (nSPS) is 25.9. The van der Waals surface area contributed by atoms with Gasteiger partial charge in [-0.3, -0.25) is 14.4 Å². The highest BCUT2D eigenvalue weighted by Gasteiger charge is 2.44. The quantitative estimate of drug-likeness (QED) is 0.201. The molecule has 0 aromatic rings. The van der Waals surface area contributed by atoms with Crippen LogP contribution in [0.25, 0.3) is 0 Å². The summed E-state index contributed by atoms with van der Waals surface area (Å²) in [5.41, 5.74) is 1.61. The number of carbonyl (C=O) groups is 6. The molecule has 0 aliphatic carbocycles. The predicted octanol–water partition coefficient (Wildman–Crippen LogP) is 4.08. The second kappa shape index (κ2) is 18.0. The molecule has 270 valence electrons. The number of amides is 3. The van der Waals surface area contributed by atoms with Gasteiger partial charge in [-0.25, -0.2) is 14.4 Å². The van der Waals surface area contributed by atoms with Crippen LogP contribution in [-0.4, -0.2) is 108 Å². The molecule has 0 radical (unpaired) electrons. The van der Waals surface area contributed by atoms with Crippen molar-refractivity contribution >= 4 is 35.6 Å². The van der Waals surface area contributed by atoms with Crippen LogP contribution in [-0.2, 0) is 43.0 Å². The van der Waals surface area contributed by atoms with Crippen molar-refractivity contribution in [3.8, 4) is 0 Å². The Kier molecular flexibility index (Phi) is 15.8. The van der Waals surface area contributed by atoms with Gasteiger partial charge in [-0.05, 0) is 38.5 Å². The van der Waals surface area contributed by atoms with Crippen molar-refractivity contribution in [3.05, 3.63) is 36.5 Å². The second-order valence-corrected chi connectivity index (χ2v) is 14.2. The van der Waals surface area contributed by atoms with Gasteiger partial charge in [0.2, 0.25) is 0 Å². The van der Waals surface area contributed by atoms with Gasteiger partial charge in [0.05, 0.1) is 0 Å². The number of hydrogen-bond acceptors (Lipinski definition) is 9. The summed E-state index contributed by atoms with van der Waals surface area (Å²) in [7, 11) is 4.20. The van der Waals surface area contributed by atoms with Crippen molar-refractivity contribution in [2.45, 2.75) is 118 Å². The lowest BCUT2D eigenvalue weighted by molar-refractivity contribution is -0.178. The van der Waals surface area contributed by atoms with E-state index in [-0.39, 0.29) is 19.3 Å². The Balaban J connectivity index is 4.00. The minimum Gasteiger partial charge on any atom is -0.450 e. The minimum atomic E-state index is -1.38. The van der Waals surface area contributed by atoms with E-state index in [9.17, 15) is 28.8 Å². The summed E-state index contributed by atoms with van der Waals surface area (Å²) >= 11 is 0. The molecule has 0 saturated carbocycles. The Labute approximate surface area is 286 Å². The molecule has 3 amide bonds. The maximum Gasteiger partial charge on any atom is 0.329 e. The molecular formula is C36H57N3O9. The summed E-state index contributed by atoms with van der Waals surface area (Å²) in [5, 5.41) is 0. The molecule has 0 N–H and O–H groups in total. The van der Waals surface area contributed by atoms with Crippen LogP contribution in [0.1, 0.15) is 81.6 Å². The zero-order valence-electron chi connectivity index (χ0n) is 31.0. The van der Waals surface area contributed by atoms with Crippen LogP contribution in [0.2, 0.25) is 0 Å². The minimum absolute atomic E-state index is 0.0503. The smallest absolute Gasteiger partial charge is 0.329 e. The van der Waals surface area contributed by atoms with Gasteiger partial charge in [-0.15, -0.1) is 0 Å². The van der Waals surface area contributed by atoms with Gasteiger partial charge < -0.3 is 28.9 Å². The number of cyclic esters (lactones) is 3. The van der Waals surface area contributed by atoms with Crippen molar-refractivity contribution < 1.29 is 43.0 Å². The van der Waals surface area contributed by atoms with Gasteiger partial charge in [0.1, 0.15) is 18.1 Å². The van der Waals surface area contributed by atoms with Crippen molar-refractivity contribution in [2.75, 3.05) is 21.1 Å². The molecule has 6 unspecified atom stereocenters. The van der Waals surface area contributed by atoms with Crippen molar-refractivity contribution in [3.63, 3.8) is 0 Å². The molecule has 1 rings (SSSR count). The van der Waals surface area contributed by atoms with Crippen LogP contribution in [0.5, 0.6) is 0 Å². The lowest BCUT2D eigenvalue weighted by Gasteiger charge is -2.37. The van der Waals surface area contributed by atoms with Crippen LogP contribution in [0.4, 0.5) is 0 Å². The fraction of sp³-hybridized carbons (Fsp3) is 0.667. The van der Waals surface area contributed by atoms with Gasteiger partial charge in [-0.1, -0.05) is 78.0 Å². The van der Waals surface area contributed by atoms with E-state index in [1.54, 1.807) is 62.3 Å². The number of esters is 3. The van der Waals surface area contributed by atoms with Gasteiger partial charge in [-0.2, -0.15) is 0 Å². The molecule has 12 heteroatoms. The maximum absolute atomic E-state index is 14.0. The number of ether oxygens (including phenoxy) is 3. The number of hydrogen-bond donors (Lipinski definition) is 0. The molecule has 1 heterocycles. The third-order valence-electron chi connectivity index (χ3n) is 8.12. The van der Waals surface area contributed by atoms with Crippen LogP contribution in [0.15, 0.2) is 36.5 Å². The Morgan fingerprint density at radius 1 is 0.500 bits per heavy atom. The van der Waals surface area contributed by atoms with Crippen molar-refractivity contribution in [1.82, 2.24) is 14.7 Å². The summed E-state index contributed by atoms with van der Waals surface area (Å²) in [4.78, 5) is 86.8. The third kappa shape index (κ3) is 11.1. The van der Waals surface area contributed by atoms with Crippen LogP contribution in [0, 0.1) is 17.8 Å². The summed E-state index contributed by atoms with van der Waals surface area (Å²) in [6.45, 7) is 26.9. The molecule has 0 spiro atoms. The van der Waals surface area contributed by atoms with E-state index in [0.29, 0.717) is 16.7 Å². The third-order valence-corrected chi connectivity index (χ3v) is 8.12. The first-order valence-electron chi connectivity index (χ1n) is 16.4. The number of likely N-dealkylation sites (N-methyl/N-ethyl adjacent to an activating group) is 3. The Morgan fingerprint density at radius 3 is 0.833 bits per heavy atom. The standard InChI is InChI=1S/C36H57N3O9/c1-19(2)16-25-31(40)37(13)29(23(9)10)35(44)47-27(18-21(5)6)33(42)39(15)30(24(11)12)36(45)48-26(17-20(3)4)32(41)38(14)28(22(7)8)34(43)46-25/h22-30H,1,3,5,16-18H2,2,4,6-15H3. The summed E-state index contributed by atoms with van der Waals surface area (Å²) in [6.07, 6.45) is -4.30. The van der Waals surface area contributed by atoms with Crippen LogP contribution in [0.3, 0.4) is 0 Å². The van der Waals surface area contributed by atoms with E-state index in [1.807, 2.05) is 0 Å². The Morgan fingerprint density at radius 2 is 0.688 bits per heavy atom. The van der Waals surface area contributed by atoms with Crippen LogP contribution >= 0.6 is 0 Å². The summed E-state index contributed by atoms with van der Waals surface area (Å²) in [6, 6.07) is -3.52. The fourth-order valence-corrected chi connectivity index (χ4v) is 5.84. The van der Waals surface area contributed by atoms with Crippen molar-refractivity contribution in [1.29, 1.82) is 0 Å². The van der Waals surface area contributed by atoms with E-state index in [2.05, 4.69) is 19.7 Å². The van der Waals surface area contributed by atoms with Crippen LogP contribution < -0.4 is 0 Å². The highest BCUT2D eigenvalue weighted by atomic mass is 16.6. The highest BCUT2D eigenvalue weighted by molar-refractivity contribution is 5.94. The largest absolute Gasteiger partial charge is 0.450 e. The zero-order chi connectivity index (χ0) is 37.4. The lowest BCUT2D eigenvalue weighted by atomic mass is 9.99. The first kappa shape index (κ1) is 42.1.